The lowest BCUT2D eigenvalue weighted by Gasteiger charge is -2.16. The number of likely N-dealkylation sites (tertiary alicyclic amines) is 1. The van der Waals surface area contributed by atoms with Crippen molar-refractivity contribution in [2.75, 3.05) is 11.9 Å². The molecule has 118 valence electrons. The van der Waals surface area contributed by atoms with E-state index < -0.39 is 11.7 Å². The zero-order chi connectivity index (χ0) is 16.1. The van der Waals surface area contributed by atoms with E-state index in [0.29, 0.717) is 5.69 Å². The van der Waals surface area contributed by atoms with Crippen LogP contribution in [0.5, 0.6) is 0 Å². The first-order chi connectivity index (χ1) is 11.0. The van der Waals surface area contributed by atoms with Crippen LogP contribution >= 0.6 is 0 Å². The van der Waals surface area contributed by atoms with Crippen molar-refractivity contribution in [1.82, 2.24) is 4.90 Å². The summed E-state index contributed by atoms with van der Waals surface area (Å²) in [4.78, 5) is 38.1. The van der Waals surface area contributed by atoms with Crippen LogP contribution in [0, 0.1) is 29.5 Å². The van der Waals surface area contributed by atoms with Crippen LogP contribution in [0.2, 0.25) is 0 Å². The summed E-state index contributed by atoms with van der Waals surface area (Å²) < 4.78 is 12.8. The van der Waals surface area contributed by atoms with Crippen LogP contribution in [0.15, 0.2) is 36.4 Å². The number of anilines is 1. The van der Waals surface area contributed by atoms with Gasteiger partial charge in [0.2, 0.25) is 17.7 Å². The van der Waals surface area contributed by atoms with Crippen molar-refractivity contribution >= 4 is 23.4 Å². The quantitative estimate of drug-likeness (QED) is 0.680. The van der Waals surface area contributed by atoms with E-state index in [1.807, 2.05) is 12.2 Å². The average Bonchev–Trinajstić information content (AvgIpc) is 3.19. The summed E-state index contributed by atoms with van der Waals surface area (Å²) in [7, 11) is 0. The molecule has 0 radical (unpaired) electrons. The summed E-state index contributed by atoms with van der Waals surface area (Å²) in [5.74, 6) is -1.68. The van der Waals surface area contributed by atoms with Crippen LogP contribution in [0.3, 0.4) is 0 Å². The summed E-state index contributed by atoms with van der Waals surface area (Å²) >= 11 is 0. The van der Waals surface area contributed by atoms with Gasteiger partial charge in [-0.15, -0.1) is 0 Å². The molecule has 3 amide bonds. The molecule has 5 nitrogen and oxygen atoms in total. The van der Waals surface area contributed by atoms with E-state index in [0.717, 1.165) is 11.3 Å². The molecule has 2 fully saturated rings. The van der Waals surface area contributed by atoms with Crippen LogP contribution in [-0.4, -0.2) is 29.2 Å². The minimum atomic E-state index is -0.460. The molecule has 1 heterocycles. The number of carbonyl (C=O) groups is 3. The summed E-state index contributed by atoms with van der Waals surface area (Å²) in [6, 6.07) is 5.32. The average molecular weight is 314 g/mol. The Morgan fingerprint density at radius 2 is 1.65 bits per heavy atom. The Labute approximate surface area is 132 Å². The largest absolute Gasteiger partial charge is 0.325 e. The molecule has 4 rings (SSSR count). The van der Waals surface area contributed by atoms with Crippen molar-refractivity contribution in [1.29, 1.82) is 0 Å². The smallest absolute Gasteiger partial charge is 0.244 e. The lowest BCUT2D eigenvalue weighted by atomic mass is 9.85. The van der Waals surface area contributed by atoms with Gasteiger partial charge in [-0.3, -0.25) is 19.3 Å². The number of rotatable bonds is 3. The zero-order valence-corrected chi connectivity index (χ0v) is 12.2. The number of fused-ring (bicyclic) bond motifs is 5. The van der Waals surface area contributed by atoms with Crippen molar-refractivity contribution in [3.8, 4) is 0 Å². The molecular formula is C17H15FN2O3. The van der Waals surface area contributed by atoms with Crippen LogP contribution < -0.4 is 5.32 Å². The number of amides is 3. The first-order valence-corrected chi connectivity index (χ1v) is 7.63. The van der Waals surface area contributed by atoms with Crippen molar-refractivity contribution in [2.45, 2.75) is 6.42 Å². The van der Waals surface area contributed by atoms with Crippen LogP contribution in [-0.2, 0) is 14.4 Å². The van der Waals surface area contributed by atoms with E-state index in [-0.39, 0.29) is 42.0 Å². The molecule has 1 saturated heterocycles. The third-order valence-electron chi connectivity index (χ3n) is 4.99. The number of imide groups is 1. The molecule has 2 aliphatic carbocycles. The summed E-state index contributed by atoms with van der Waals surface area (Å²) in [6.45, 7) is -0.290. The second kappa shape index (κ2) is 5.01. The van der Waals surface area contributed by atoms with Gasteiger partial charge >= 0.3 is 0 Å². The second-order valence-corrected chi connectivity index (χ2v) is 6.32. The molecular weight excluding hydrogens is 299 g/mol. The molecule has 4 atom stereocenters. The fraction of sp³-hybridized carbons (Fsp3) is 0.353. The lowest BCUT2D eigenvalue weighted by Crippen LogP contribution is -2.39. The number of hydrogen-bond donors (Lipinski definition) is 1. The van der Waals surface area contributed by atoms with E-state index in [4.69, 9.17) is 0 Å². The second-order valence-electron chi connectivity index (χ2n) is 6.32. The number of benzene rings is 1. The van der Waals surface area contributed by atoms with Gasteiger partial charge in [-0.25, -0.2) is 4.39 Å². The maximum Gasteiger partial charge on any atom is 0.244 e. The van der Waals surface area contributed by atoms with Gasteiger partial charge in [-0.2, -0.15) is 0 Å². The first-order valence-electron chi connectivity index (χ1n) is 7.63. The normalized spacial score (nSPS) is 30.9. The van der Waals surface area contributed by atoms with Crippen LogP contribution in [0.1, 0.15) is 6.42 Å². The third-order valence-corrected chi connectivity index (χ3v) is 4.99. The Hall–Kier alpha value is -2.50. The van der Waals surface area contributed by atoms with Crippen LogP contribution in [0.4, 0.5) is 10.1 Å². The molecule has 1 aliphatic heterocycles. The van der Waals surface area contributed by atoms with E-state index in [1.54, 1.807) is 0 Å². The van der Waals surface area contributed by atoms with Crippen LogP contribution in [0.25, 0.3) is 0 Å². The highest BCUT2D eigenvalue weighted by atomic mass is 19.1. The lowest BCUT2D eigenvalue weighted by molar-refractivity contribution is -0.143. The molecule has 0 aromatic heterocycles. The standard InChI is InChI=1S/C17H15FN2O3/c18-11-3-5-12(6-4-11)19-13(21)8-20-16(22)14-9-1-2-10(7-9)15(14)17(20)23/h1-6,9-10,14-15H,7-8H2,(H,19,21)/t9-,10-,14-,15+/m0/s1. The van der Waals surface area contributed by atoms with Gasteiger partial charge in [0.25, 0.3) is 0 Å². The molecule has 6 heteroatoms. The van der Waals surface area contributed by atoms with Crippen molar-refractivity contribution in [3.63, 3.8) is 0 Å². The maximum atomic E-state index is 12.8. The van der Waals surface area contributed by atoms with Gasteiger partial charge in [0.05, 0.1) is 11.8 Å². The van der Waals surface area contributed by atoms with E-state index >= 15 is 0 Å². The number of nitrogens with one attached hydrogen (secondary N) is 1. The number of hydrogen-bond acceptors (Lipinski definition) is 3. The number of halogens is 1. The minimum absolute atomic E-state index is 0.131. The molecule has 1 aromatic rings. The topological polar surface area (TPSA) is 66.5 Å². The van der Waals surface area contributed by atoms with Gasteiger partial charge in [0.15, 0.2) is 0 Å². The summed E-state index contributed by atoms with van der Waals surface area (Å²) in [5.41, 5.74) is 0.428. The Bertz CT molecular complexity index is 698. The SMILES string of the molecule is O=C(CN1C(=O)[C@@H]2[C@H](C1=O)[C@H]1C=C[C@H]2C1)Nc1ccc(F)cc1. The Balaban J connectivity index is 1.45. The molecule has 23 heavy (non-hydrogen) atoms. The van der Waals surface area contributed by atoms with Crippen molar-refractivity contribution in [2.24, 2.45) is 23.7 Å². The molecule has 1 saturated carbocycles. The van der Waals surface area contributed by atoms with Crippen molar-refractivity contribution in [3.05, 3.63) is 42.2 Å². The van der Waals surface area contributed by atoms with Gasteiger partial charge in [0.1, 0.15) is 12.4 Å². The Morgan fingerprint density at radius 1 is 1.09 bits per heavy atom. The van der Waals surface area contributed by atoms with E-state index in [1.165, 1.54) is 24.3 Å². The fourth-order valence-corrected chi connectivity index (χ4v) is 4.00. The fourth-order valence-electron chi connectivity index (χ4n) is 4.00. The van der Waals surface area contributed by atoms with E-state index in [9.17, 15) is 18.8 Å². The molecule has 3 aliphatic rings. The highest BCUT2D eigenvalue weighted by Gasteiger charge is 2.59. The Kier molecular flexibility index (Phi) is 3.07. The number of allylic oxidation sites excluding steroid dienone is 2. The minimum Gasteiger partial charge on any atom is -0.325 e. The highest BCUT2D eigenvalue weighted by Crippen LogP contribution is 2.52. The molecule has 2 bridgehead atoms. The molecule has 1 N–H and O–H groups in total. The van der Waals surface area contributed by atoms with Gasteiger partial charge in [-0.05, 0) is 42.5 Å². The summed E-state index contributed by atoms with van der Waals surface area (Å²) in [6.07, 6.45) is 4.89. The van der Waals surface area contributed by atoms with Crippen molar-refractivity contribution < 1.29 is 18.8 Å². The highest BCUT2D eigenvalue weighted by molar-refractivity contribution is 6.09. The van der Waals surface area contributed by atoms with E-state index in [2.05, 4.69) is 5.32 Å². The van der Waals surface area contributed by atoms with Gasteiger partial charge in [0, 0.05) is 5.69 Å². The maximum absolute atomic E-state index is 12.8. The molecule has 0 unspecified atom stereocenters. The predicted octanol–water partition coefficient (Wildman–Crippen LogP) is 1.57. The number of nitrogens with zero attached hydrogens (tertiary/aromatic N) is 1. The Morgan fingerprint density at radius 3 is 2.22 bits per heavy atom. The zero-order valence-electron chi connectivity index (χ0n) is 12.2. The third kappa shape index (κ3) is 2.17. The predicted molar refractivity (Wildman–Crippen MR) is 79.5 cm³/mol. The molecule has 0 spiro atoms. The summed E-state index contributed by atoms with van der Waals surface area (Å²) in [5, 5.41) is 2.57. The van der Waals surface area contributed by atoms with Gasteiger partial charge in [-0.1, -0.05) is 12.2 Å². The molecule has 1 aromatic carbocycles. The van der Waals surface area contributed by atoms with Gasteiger partial charge < -0.3 is 5.32 Å². The first kappa shape index (κ1) is 14.1. The monoisotopic (exact) mass is 314 g/mol. The number of carbonyl (C=O) groups excluding carboxylic acids is 3.